The molecule has 8 heteroatoms. The van der Waals surface area contributed by atoms with Crippen LogP contribution >= 0.6 is 0 Å². The van der Waals surface area contributed by atoms with Gasteiger partial charge in [0, 0.05) is 18.7 Å². The van der Waals surface area contributed by atoms with E-state index in [0.717, 1.165) is 5.52 Å². The molecule has 0 aliphatic rings. The van der Waals surface area contributed by atoms with E-state index in [4.69, 9.17) is 4.42 Å². The van der Waals surface area contributed by atoms with E-state index in [1.54, 1.807) is 30.3 Å². The quantitative estimate of drug-likeness (QED) is 0.511. The molecule has 2 heterocycles. The topological polar surface area (TPSA) is 113 Å². The highest BCUT2D eigenvalue weighted by Crippen LogP contribution is 2.15. The zero-order valence-corrected chi connectivity index (χ0v) is 13.7. The first-order valence-corrected chi connectivity index (χ1v) is 8.20. The Hall–Kier alpha value is -3.55. The number of aromatic nitrogens is 3. The maximum Gasteiger partial charge on any atom is 0.419 e. The van der Waals surface area contributed by atoms with Crippen molar-refractivity contribution >= 4 is 33.7 Å². The first-order valence-electron chi connectivity index (χ1n) is 8.20. The molecule has 0 bridgehead atoms. The largest absolute Gasteiger partial charge is 0.419 e. The number of carbonyl (C=O) groups is 1. The van der Waals surface area contributed by atoms with Gasteiger partial charge in [-0.15, -0.1) is 0 Å². The lowest BCUT2D eigenvalue weighted by atomic mass is 10.2. The summed E-state index contributed by atoms with van der Waals surface area (Å²) in [5.74, 6) is -0.587. The molecule has 0 saturated heterocycles. The van der Waals surface area contributed by atoms with Crippen LogP contribution in [0.25, 0.3) is 22.1 Å². The van der Waals surface area contributed by atoms with Crippen LogP contribution in [0.5, 0.6) is 0 Å². The van der Waals surface area contributed by atoms with Crippen LogP contribution in [-0.2, 0) is 11.3 Å². The number of aromatic amines is 2. The number of amides is 1. The van der Waals surface area contributed by atoms with Crippen molar-refractivity contribution in [3.05, 3.63) is 63.5 Å². The number of H-pyrrole nitrogens is 2. The van der Waals surface area contributed by atoms with Gasteiger partial charge < -0.3 is 19.7 Å². The molecular formula is C18H16N4O4. The second-order valence-electron chi connectivity index (χ2n) is 5.98. The Balaban J connectivity index is 1.39. The van der Waals surface area contributed by atoms with E-state index in [9.17, 15) is 14.4 Å². The Bertz CT molecular complexity index is 1210. The van der Waals surface area contributed by atoms with Crippen molar-refractivity contribution in [2.75, 3.05) is 5.32 Å². The van der Waals surface area contributed by atoms with Crippen LogP contribution < -0.4 is 16.8 Å². The molecule has 0 atom stereocenters. The average Bonchev–Trinajstić information content (AvgIpc) is 3.13. The summed E-state index contributed by atoms with van der Waals surface area (Å²) >= 11 is 0. The number of oxazole rings is 1. The molecule has 3 N–H and O–H groups in total. The number of fused-ring (bicyclic) bond motifs is 2. The summed E-state index contributed by atoms with van der Waals surface area (Å²) in [5, 5.41) is 2.79. The lowest BCUT2D eigenvalue weighted by Crippen LogP contribution is -2.17. The number of nitrogens with one attached hydrogen (secondary N) is 3. The van der Waals surface area contributed by atoms with Crippen LogP contribution in [0.3, 0.4) is 0 Å². The summed E-state index contributed by atoms with van der Waals surface area (Å²) in [6.45, 7) is 0.396. The zero-order chi connectivity index (χ0) is 18.1. The van der Waals surface area contributed by atoms with E-state index in [0.29, 0.717) is 35.3 Å². The minimum Gasteiger partial charge on any atom is -0.408 e. The van der Waals surface area contributed by atoms with Crippen molar-refractivity contribution in [3.8, 4) is 0 Å². The molecule has 2 aromatic heterocycles. The SMILES string of the molecule is O=C(CCCn1c(=O)oc2ccccc21)Nc1ccc2[nH]c(=O)[nH]c2c1. The van der Waals surface area contributed by atoms with Crippen molar-refractivity contribution in [2.24, 2.45) is 0 Å². The van der Waals surface area contributed by atoms with Gasteiger partial charge in [0.05, 0.1) is 16.6 Å². The number of hydrogen-bond donors (Lipinski definition) is 3. The molecule has 0 spiro atoms. The van der Waals surface area contributed by atoms with Crippen molar-refractivity contribution in [1.82, 2.24) is 14.5 Å². The maximum atomic E-state index is 12.1. The van der Waals surface area contributed by atoms with E-state index in [-0.39, 0.29) is 18.0 Å². The Labute approximate surface area is 146 Å². The van der Waals surface area contributed by atoms with E-state index < -0.39 is 5.76 Å². The normalized spacial score (nSPS) is 11.2. The van der Waals surface area contributed by atoms with E-state index in [1.807, 2.05) is 12.1 Å². The monoisotopic (exact) mass is 352 g/mol. The van der Waals surface area contributed by atoms with Gasteiger partial charge in [-0.05, 0) is 36.8 Å². The summed E-state index contributed by atoms with van der Waals surface area (Å²) in [4.78, 5) is 40.6. The molecule has 4 aromatic rings. The molecular weight excluding hydrogens is 336 g/mol. The summed E-state index contributed by atoms with van der Waals surface area (Å²) < 4.78 is 6.70. The summed E-state index contributed by atoms with van der Waals surface area (Å²) in [6.07, 6.45) is 0.756. The highest BCUT2D eigenvalue weighted by molar-refractivity contribution is 5.92. The highest BCUT2D eigenvalue weighted by Gasteiger charge is 2.09. The molecule has 1 amide bonds. The first kappa shape index (κ1) is 15.9. The minimum absolute atomic E-state index is 0.164. The fraction of sp³-hybridized carbons (Fsp3) is 0.167. The van der Waals surface area contributed by atoms with Gasteiger partial charge in [-0.1, -0.05) is 12.1 Å². The van der Waals surface area contributed by atoms with Crippen LogP contribution in [-0.4, -0.2) is 20.4 Å². The van der Waals surface area contributed by atoms with Crippen LogP contribution in [0, 0.1) is 0 Å². The zero-order valence-electron chi connectivity index (χ0n) is 13.7. The van der Waals surface area contributed by atoms with Gasteiger partial charge in [-0.2, -0.15) is 0 Å². The van der Waals surface area contributed by atoms with Crippen LogP contribution in [0.2, 0.25) is 0 Å². The summed E-state index contributed by atoms with van der Waals surface area (Å²) in [6, 6.07) is 12.3. The van der Waals surface area contributed by atoms with Crippen molar-refractivity contribution in [3.63, 3.8) is 0 Å². The van der Waals surface area contributed by atoms with Crippen molar-refractivity contribution < 1.29 is 9.21 Å². The van der Waals surface area contributed by atoms with Gasteiger partial charge in [0.25, 0.3) is 0 Å². The molecule has 0 saturated carbocycles. The van der Waals surface area contributed by atoms with Gasteiger partial charge in [-0.3, -0.25) is 9.36 Å². The lowest BCUT2D eigenvalue weighted by molar-refractivity contribution is -0.116. The third-order valence-electron chi connectivity index (χ3n) is 4.16. The number of aryl methyl sites for hydroxylation is 1. The smallest absolute Gasteiger partial charge is 0.408 e. The van der Waals surface area contributed by atoms with Crippen molar-refractivity contribution in [1.29, 1.82) is 0 Å². The van der Waals surface area contributed by atoms with E-state index in [2.05, 4.69) is 15.3 Å². The van der Waals surface area contributed by atoms with Crippen LogP contribution in [0.4, 0.5) is 5.69 Å². The fourth-order valence-electron chi connectivity index (χ4n) is 2.96. The summed E-state index contributed by atoms with van der Waals surface area (Å²) in [7, 11) is 0. The van der Waals surface area contributed by atoms with Gasteiger partial charge in [0.1, 0.15) is 0 Å². The number of para-hydroxylation sites is 2. The predicted octanol–water partition coefficient (Wildman–Crippen LogP) is 2.18. The van der Waals surface area contributed by atoms with Crippen molar-refractivity contribution in [2.45, 2.75) is 19.4 Å². The Morgan fingerprint density at radius 3 is 2.77 bits per heavy atom. The third-order valence-corrected chi connectivity index (χ3v) is 4.16. The molecule has 4 rings (SSSR count). The number of carbonyl (C=O) groups excluding carboxylic acids is 1. The fourth-order valence-corrected chi connectivity index (χ4v) is 2.96. The van der Waals surface area contributed by atoms with Crippen LogP contribution in [0.15, 0.2) is 56.5 Å². The van der Waals surface area contributed by atoms with Gasteiger partial charge in [0.2, 0.25) is 5.91 Å². The number of rotatable bonds is 5. The Kier molecular flexibility index (Phi) is 3.92. The highest BCUT2D eigenvalue weighted by atomic mass is 16.4. The first-order chi connectivity index (χ1) is 12.6. The van der Waals surface area contributed by atoms with Gasteiger partial charge in [-0.25, -0.2) is 9.59 Å². The average molecular weight is 352 g/mol. The van der Waals surface area contributed by atoms with Gasteiger partial charge in [0.15, 0.2) is 5.58 Å². The molecule has 0 unspecified atom stereocenters. The van der Waals surface area contributed by atoms with Crippen LogP contribution in [0.1, 0.15) is 12.8 Å². The molecule has 0 aliphatic heterocycles. The predicted molar refractivity (Wildman–Crippen MR) is 97.3 cm³/mol. The second kappa shape index (κ2) is 6.40. The number of hydrogen-bond acceptors (Lipinski definition) is 4. The molecule has 0 fully saturated rings. The molecule has 0 radical (unpaired) electrons. The number of benzene rings is 2. The number of nitrogens with zero attached hydrogens (tertiary/aromatic N) is 1. The Morgan fingerprint density at radius 1 is 1.08 bits per heavy atom. The number of imidazole rings is 1. The third kappa shape index (κ3) is 3.04. The Morgan fingerprint density at radius 2 is 1.88 bits per heavy atom. The molecule has 0 aliphatic carbocycles. The van der Waals surface area contributed by atoms with Gasteiger partial charge >= 0.3 is 11.4 Å². The second-order valence-corrected chi connectivity index (χ2v) is 5.98. The summed E-state index contributed by atoms with van der Waals surface area (Å²) in [5.41, 5.74) is 2.88. The lowest BCUT2D eigenvalue weighted by Gasteiger charge is -2.06. The van der Waals surface area contributed by atoms with E-state index >= 15 is 0 Å². The van der Waals surface area contributed by atoms with E-state index in [1.165, 1.54) is 4.57 Å². The maximum absolute atomic E-state index is 12.1. The molecule has 2 aromatic carbocycles. The number of anilines is 1. The molecule has 8 nitrogen and oxygen atoms in total. The molecule has 132 valence electrons. The minimum atomic E-state index is -0.423. The standard InChI is InChI=1S/C18H16N4O4/c23-16(19-11-7-8-12-13(10-11)21-17(24)20-12)6-3-9-22-14-4-1-2-5-15(14)26-18(22)25/h1-2,4-5,7-8,10H,3,6,9H2,(H,19,23)(H2,20,21,24). The molecule has 26 heavy (non-hydrogen) atoms.